The topological polar surface area (TPSA) is 91.2 Å². The quantitative estimate of drug-likeness (QED) is 0.499. The summed E-state index contributed by atoms with van der Waals surface area (Å²) >= 11 is 0. The van der Waals surface area contributed by atoms with Gasteiger partial charge in [0.15, 0.2) is 6.04 Å². The summed E-state index contributed by atoms with van der Waals surface area (Å²) in [4.78, 5) is 20.7. The van der Waals surface area contributed by atoms with Gasteiger partial charge in [0.1, 0.15) is 0 Å². The van der Waals surface area contributed by atoms with Crippen LogP contribution in [0.2, 0.25) is 0 Å². The van der Waals surface area contributed by atoms with E-state index >= 15 is 0 Å². The first-order valence-corrected chi connectivity index (χ1v) is 3.20. The van der Waals surface area contributed by atoms with Crippen LogP contribution in [0, 0.1) is 0 Å². The minimum atomic E-state index is -0.992. The molecular formula is C6H12NO4+. The van der Waals surface area contributed by atoms with Crippen molar-refractivity contribution in [2.24, 2.45) is 0 Å². The van der Waals surface area contributed by atoms with Gasteiger partial charge in [0.25, 0.3) is 0 Å². The number of quaternary nitrogens is 1. The predicted molar refractivity (Wildman–Crippen MR) is 35.6 cm³/mol. The molecule has 0 radical (unpaired) electrons. The molecule has 0 saturated carbocycles. The van der Waals surface area contributed by atoms with Crippen LogP contribution in [0.4, 0.5) is 0 Å². The van der Waals surface area contributed by atoms with Crippen LogP contribution in [0.1, 0.15) is 12.8 Å². The number of carboxylic acids is 1. The standard InChI is InChI=1S/C6H11NO4/c1-11-5(8)3-2-4(7)6(9)10/h4H,2-3,7H2,1H3,(H,9,10)/p+1. The first kappa shape index (κ1) is 9.90. The molecule has 0 aromatic heterocycles. The highest BCUT2D eigenvalue weighted by molar-refractivity contribution is 5.74. The average molecular weight is 162 g/mol. The fraction of sp³-hybridized carbons (Fsp3) is 0.667. The van der Waals surface area contributed by atoms with E-state index in [1.165, 1.54) is 7.11 Å². The van der Waals surface area contributed by atoms with Gasteiger partial charge >= 0.3 is 11.9 Å². The van der Waals surface area contributed by atoms with Crippen molar-refractivity contribution < 1.29 is 25.2 Å². The summed E-state index contributed by atoms with van der Waals surface area (Å²) in [6.45, 7) is 0. The molecule has 0 aliphatic heterocycles. The number of aliphatic carboxylic acids is 1. The van der Waals surface area contributed by atoms with Gasteiger partial charge in [0, 0.05) is 6.42 Å². The molecule has 0 fully saturated rings. The Kier molecular flexibility index (Phi) is 4.21. The molecule has 0 heterocycles. The molecule has 5 heteroatoms. The molecule has 5 nitrogen and oxygen atoms in total. The van der Waals surface area contributed by atoms with Crippen molar-refractivity contribution in [3.8, 4) is 0 Å². The first-order valence-electron chi connectivity index (χ1n) is 3.20. The molecule has 0 spiro atoms. The largest absolute Gasteiger partial charge is 0.477 e. The summed E-state index contributed by atoms with van der Waals surface area (Å²) in [5.41, 5.74) is 3.34. The summed E-state index contributed by atoms with van der Waals surface area (Å²) in [7, 11) is 1.27. The predicted octanol–water partition coefficient (Wildman–Crippen LogP) is -1.37. The lowest BCUT2D eigenvalue weighted by atomic mass is 10.2. The Hall–Kier alpha value is -1.10. The van der Waals surface area contributed by atoms with Crippen LogP contribution in [0.25, 0.3) is 0 Å². The number of hydrogen-bond donors (Lipinski definition) is 2. The third-order valence-corrected chi connectivity index (χ3v) is 1.27. The number of methoxy groups -OCH3 is 1. The fourth-order valence-corrected chi connectivity index (χ4v) is 0.518. The van der Waals surface area contributed by atoms with Crippen LogP contribution in [-0.4, -0.2) is 30.2 Å². The Balaban J connectivity index is 3.54. The number of ether oxygens (including phenoxy) is 1. The van der Waals surface area contributed by atoms with Crippen molar-refractivity contribution in [2.45, 2.75) is 18.9 Å². The lowest BCUT2D eigenvalue weighted by Crippen LogP contribution is -2.64. The first-order chi connectivity index (χ1) is 5.07. The van der Waals surface area contributed by atoms with Gasteiger partial charge in [-0.25, -0.2) is 4.79 Å². The summed E-state index contributed by atoms with van der Waals surface area (Å²) < 4.78 is 4.32. The van der Waals surface area contributed by atoms with Crippen LogP contribution < -0.4 is 5.73 Å². The molecule has 4 N–H and O–H groups in total. The Morgan fingerprint density at radius 1 is 1.64 bits per heavy atom. The smallest absolute Gasteiger partial charge is 0.362 e. The van der Waals surface area contributed by atoms with Gasteiger partial charge in [-0.3, -0.25) is 4.79 Å². The number of hydrogen-bond acceptors (Lipinski definition) is 3. The second-order valence-corrected chi connectivity index (χ2v) is 2.15. The average Bonchev–Trinajstić information content (AvgIpc) is 1.99. The maximum atomic E-state index is 10.5. The highest BCUT2D eigenvalue weighted by Crippen LogP contribution is 1.94. The van der Waals surface area contributed by atoms with E-state index in [1.807, 2.05) is 0 Å². The zero-order valence-electron chi connectivity index (χ0n) is 6.37. The maximum absolute atomic E-state index is 10.5. The number of carbonyl (C=O) groups is 2. The lowest BCUT2D eigenvalue weighted by molar-refractivity contribution is -0.408. The van der Waals surface area contributed by atoms with Crippen molar-refractivity contribution in [3.05, 3.63) is 0 Å². The molecule has 0 amide bonds. The molecule has 0 aliphatic rings. The summed E-state index contributed by atoms with van der Waals surface area (Å²) in [6.07, 6.45) is 0.332. The molecule has 64 valence electrons. The van der Waals surface area contributed by atoms with Crippen molar-refractivity contribution in [1.82, 2.24) is 0 Å². The number of esters is 1. The summed E-state index contributed by atoms with van der Waals surface area (Å²) in [5.74, 6) is -1.39. The van der Waals surface area contributed by atoms with E-state index in [-0.39, 0.29) is 12.8 Å². The second-order valence-electron chi connectivity index (χ2n) is 2.15. The molecule has 0 aliphatic carbocycles. The number of carboxylic acid groups (broad SMARTS) is 1. The van der Waals surface area contributed by atoms with Crippen LogP contribution in [0.3, 0.4) is 0 Å². The maximum Gasteiger partial charge on any atom is 0.362 e. The van der Waals surface area contributed by atoms with Crippen molar-refractivity contribution in [1.29, 1.82) is 0 Å². The van der Waals surface area contributed by atoms with Gasteiger partial charge in [-0.2, -0.15) is 0 Å². The molecule has 0 aromatic rings. The highest BCUT2D eigenvalue weighted by atomic mass is 16.5. The molecule has 11 heavy (non-hydrogen) atoms. The number of carbonyl (C=O) groups excluding carboxylic acids is 1. The minimum absolute atomic E-state index is 0.108. The van der Waals surface area contributed by atoms with E-state index in [0.717, 1.165) is 0 Å². The third-order valence-electron chi connectivity index (χ3n) is 1.27. The summed E-state index contributed by atoms with van der Waals surface area (Å²) in [6, 6.07) is -0.728. The summed E-state index contributed by atoms with van der Waals surface area (Å²) in [5, 5.41) is 8.35. The van der Waals surface area contributed by atoms with Crippen molar-refractivity contribution in [3.63, 3.8) is 0 Å². The van der Waals surface area contributed by atoms with E-state index in [4.69, 9.17) is 5.11 Å². The molecule has 0 bridgehead atoms. The lowest BCUT2D eigenvalue weighted by Gasteiger charge is -2.00. The SMILES string of the molecule is COC(=O)CCC([NH3+])C(=O)O. The molecule has 1 atom stereocenters. The van der Waals surface area contributed by atoms with Crippen LogP contribution in [0.5, 0.6) is 0 Å². The van der Waals surface area contributed by atoms with E-state index in [1.54, 1.807) is 0 Å². The van der Waals surface area contributed by atoms with Crippen molar-refractivity contribution in [2.75, 3.05) is 7.11 Å². The minimum Gasteiger partial charge on any atom is -0.477 e. The molecule has 0 rings (SSSR count). The number of rotatable bonds is 4. The van der Waals surface area contributed by atoms with E-state index < -0.39 is 18.0 Å². The molecule has 0 aromatic carbocycles. The Labute approximate surface area is 64.1 Å². The monoisotopic (exact) mass is 162 g/mol. The van der Waals surface area contributed by atoms with Crippen molar-refractivity contribution >= 4 is 11.9 Å². The third kappa shape index (κ3) is 4.32. The van der Waals surface area contributed by atoms with Gasteiger partial charge in [-0.15, -0.1) is 0 Å². The molecule has 1 unspecified atom stereocenters. The van der Waals surface area contributed by atoms with E-state index in [2.05, 4.69) is 10.5 Å². The van der Waals surface area contributed by atoms with Crippen LogP contribution in [-0.2, 0) is 14.3 Å². The highest BCUT2D eigenvalue weighted by Gasteiger charge is 2.16. The molecule has 0 saturated heterocycles. The fourth-order valence-electron chi connectivity index (χ4n) is 0.518. The van der Waals surface area contributed by atoms with Crippen LogP contribution >= 0.6 is 0 Å². The van der Waals surface area contributed by atoms with E-state index in [9.17, 15) is 9.59 Å². The van der Waals surface area contributed by atoms with Gasteiger partial charge in [0.2, 0.25) is 0 Å². The zero-order valence-corrected chi connectivity index (χ0v) is 6.37. The van der Waals surface area contributed by atoms with E-state index in [0.29, 0.717) is 0 Å². The second kappa shape index (κ2) is 4.68. The van der Waals surface area contributed by atoms with Gasteiger partial charge in [-0.05, 0) is 0 Å². The zero-order chi connectivity index (χ0) is 8.85. The van der Waals surface area contributed by atoms with Crippen LogP contribution in [0.15, 0.2) is 0 Å². The Morgan fingerprint density at radius 2 is 2.18 bits per heavy atom. The molecular weight excluding hydrogens is 150 g/mol. The van der Waals surface area contributed by atoms with Gasteiger partial charge in [-0.1, -0.05) is 0 Å². The normalized spacial score (nSPS) is 12.2. The van der Waals surface area contributed by atoms with Gasteiger partial charge in [0.05, 0.1) is 13.5 Å². The Morgan fingerprint density at radius 3 is 2.55 bits per heavy atom. The Bertz CT molecular complexity index is 157. The van der Waals surface area contributed by atoms with Gasteiger partial charge < -0.3 is 15.6 Å².